The van der Waals surface area contributed by atoms with E-state index in [-0.39, 0.29) is 28.1 Å². The maximum Gasteiger partial charge on any atom is 0.422 e. The van der Waals surface area contributed by atoms with E-state index in [0.29, 0.717) is 11.6 Å². The zero-order chi connectivity index (χ0) is 24.8. The number of benzene rings is 2. The number of carbonyl (C=O) groups is 1. The molecule has 34 heavy (non-hydrogen) atoms. The first-order chi connectivity index (χ1) is 16.0. The number of nitrogens with one attached hydrogen (secondary N) is 2. The van der Waals surface area contributed by atoms with Crippen molar-refractivity contribution >= 4 is 33.3 Å². The van der Waals surface area contributed by atoms with Gasteiger partial charge in [0.15, 0.2) is 5.13 Å². The first-order valence-electron chi connectivity index (χ1n) is 9.49. The van der Waals surface area contributed by atoms with Crippen LogP contribution in [0.15, 0.2) is 45.3 Å². The van der Waals surface area contributed by atoms with Gasteiger partial charge in [-0.1, -0.05) is 12.1 Å². The number of aromatic amines is 1. The lowest BCUT2D eigenvalue weighted by molar-refractivity contribution is -0.142. The first-order valence-corrected chi connectivity index (χ1v) is 10.4. The number of aromatic nitrogens is 3. The second-order valence-electron chi connectivity index (χ2n) is 7.18. The predicted molar refractivity (Wildman–Crippen MR) is 115 cm³/mol. The highest BCUT2D eigenvalue weighted by Crippen LogP contribution is 2.38. The number of halogens is 5. The highest BCUT2D eigenvalue weighted by atomic mass is 32.1. The maximum absolute atomic E-state index is 14.4. The molecule has 0 saturated heterocycles. The predicted octanol–water partition coefficient (Wildman–Crippen LogP) is 3.83. The van der Waals surface area contributed by atoms with Crippen molar-refractivity contribution in [3.8, 4) is 11.3 Å². The Labute approximate surface area is 190 Å². The Balaban J connectivity index is 1.60. The summed E-state index contributed by atoms with van der Waals surface area (Å²) in [5, 5.41) is 3.75. The molecular weight excluding hydrogens is 483 g/mol. The summed E-state index contributed by atoms with van der Waals surface area (Å²) in [5.41, 5.74) is -3.46. The Kier molecular flexibility index (Phi) is 5.81. The van der Waals surface area contributed by atoms with Gasteiger partial charge in [-0.2, -0.15) is 13.2 Å². The summed E-state index contributed by atoms with van der Waals surface area (Å²) in [4.78, 5) is 43.3. The Morgan fingerprint density at radius 2 is 1.91 bits per heavy atom. The van der Waals surface area contributed by atoms with Gasteiger partial charge in [0, 0.05) is 18.0 Å². The van der Waals surface area contributed by atoms with Crippen molar-refractivity contribution < 1.29 is 26.7 Å². The number of hydrogen-bond acceptors (Lipinski definition) is 5. The molecule has 0 atom stereocenters. The number of hydrogen-bond donors (Lipinski definition) is 2. The van der Waals surface area contributed by atoms with E-state index >= 15 is 0 Å². The van der Waals surface area contributed by atoms with Crippen LogP contribution in [0.3, 0.4) is 0 Å². The zero-order valence-corrected chi connectivity index (χ0v) is 17.9. The van der Waals surface area contributed by atoms with Gasteiger partial charge < -0.3 is 10.3 Å². The van der Waals surface area contributed by atoms with Gasteiger partial charge in [-0.25, -0.2) is 18.6 Å². The number of fused-ring (bicyclic) bond motifs is 1. The number of rotatable bonds is 4. The van der Waals surface area contributed by atoms with Crippen molar-refractivity contribution in [1.29, 1.82) is 0 Å². The molecule has 0 unspecified atom stereocenters. The van der Waals surface area contributed by atoms with Crippen LogP contribution < -0.4 is 16.6 Å². The van der Waals surface area contributed by atoms with E-state index in [2.05, 4.69) is 15.3 Å². The number of H-pyrrole nitrogens is 1. The number of carbonyl (C=O) groups excluding carboxylic acids is 1. The van der Waals surface area contributed by atoms with Crippen LogP contribution in [-0.2, 0) is 24.4 Å². The van der Waals surface area contributed by atoms with Gasteiger partial charge in [0.2, 0.25) is 5.91 Å². The first kappa shape index (κ1) is 23.3. The van der Waals surface area contributed by atoms with E-state index in [4.69, 9.17) is 0 Å². The number of anilines is 1. The standard InChI is InChI=1S/C21H13F5N4O3S/c1-30-18(32)15-9(3-2-4-12(15)28-20(30)33)7-14(31)29-19-27-13(8-34-19)10-5-6-11(22)16(17(10)23)21(24,25)26/h2-6,8H,7H2,1H3,(H,28,33)(H,27,29,31). The molecule has 1 amide bonds. The van der Waals surface area contributed by atoms with E-state index in [9.17, 15) is 36.3 Å². The molecule has 0 aliphatic heterocycles. The molecule has 4 aromatic rings. The third kappa shape index (κ3) is 4.21. The lowest BCUT2D eigenvalue weighted by Gasteiger charge is -2.11. The molecule has 0 radical (unpaired) electrons. The van der Waals surface area contributed by atoms with Gasteiger partial charge in [0.1, 0.15) is 17.2 Å². The highest BCUT2D eigenvalue weighted by Gasteiger charge is 2.39. The molecule has 176 valence electrons. The molecule has 4 rings (SSSR count). The van der Waals surface area contributed by atoms with Crippen LogP contribution in [0.25, 0.3) is 22.2 Å². The quantitative estimate of drug-likeness (QED) is 0.420. The molecule has 2 heterocycles. The fourth-order valence-corrected chi connectivity index (χ4v) is 4.09. The van der Waals surface area contributed by atoms with E-state index in [1.54, 1.807) is 6.07 Å². The topological polar surface area (TPSA) is 96.8 Å². The molecule has 0 aliphatic rings. The van der Waals surface area contributed by atoms with Crippen LogP contribution in [0.5, 0.6) is 0 Å². The second kappa shape index (κ2) is 8.48. The van der Waals surface area contributed by atoms with Crippen molar-refractivity contribution in [1.82, 2.24) is 14.5 Å². The Bertz CT molecular complexity index is 1560. The van der Waals surface area contributed by atoms with Crippen molar-refractivity contribution in [2.45, 2.75) is 12.6 Å². The molecular formula is C21H13F5N4O3S. The molecule has 13 heteroatoms. The Morgan fingerprint density at radius 3 is 2.62 bits per heavy atom. The molecule has 0 bridgehead atoms. The molecule has 7 nitrogen and oxygen atoms in total. The number of nitrogens with zero attached hydrogens (tertiary/aromatic N) is 2. The van der Waals surface area contributed by atoms with Gasteiger partial charge in [0.25, 0.3) is 5.56 Å². The summed E-state index contributed by atoms with van der Waals surface area (Å²) < 4.78 is 67.7. The van der Waals surface area contributed by atoms with Crippen LogP contribution in [-0.4, -0.2) is 20.4 Å². The second-order valence-corrected chi connectivity index (χ2v) is 8.04. The third-order valence-electron chi connectivity index (χ3n) is 4.97. The Morgan fingerprint density at radius 1 is 1.18 bits per heavy atom. The van der Waals surface area contributed by atoms with E-state index in [1.807, 2.05) is 0 Å². The van der Waals surface area contributed by atoms with Crippen LogP contribution >= 0.6 is 11.3 Å². The van der Waals surface area contributed by atoms with Gasteiger partial charge in [0.05, 0.1) is 23.0 Å². The summed E-state index contributed by atoms with van der Waals surface area (Å²) in [6.45, 7) is 0. The molecule has 2 N–H and O–H groups in total. The van der Waals surface area contributed by atoms with Crippen molar-refractivity contribution in [3.05, 3.63) is 79.3 Å². The largest absolute Gasteiger partial charge is 0.422 e. The zero-order valence-electron chi connectivity index (χ0n) is 17.1. The molecule has 0 saturated carbocycles. The average molecular weight is 496 g/mol. The summed E-state index contributed by atoms with van der Waals surface area (Å²) >= 11 is 0.823. The molecule has 0 fully saturated rings. The minimum absolute atomic E-state index is 0.0428. The number of thiazole rings is 1. The summed E-state index contributed by atoms with van der Waals surface area (Å²) in [7, 11) is 1.29. The van der Waals surface area contributed by atoms with Crippen molar-refractivity contribution in [2.75, 3.05) is 5.32 Å². The monoisotopic (exact) mass is 496 g/mol. The van der Waals surface area contributed by atoms with E-state index in [0.717, 1.165) is 22.0 Å². The average Bonchev–Trinajstić information content (AvgIpc) is 3.19. The van der Waals surface area contributed by atoms with E-state index < -0.39 is 46.1 Å². The number of amides is 1. The molecule has 2 aromatic heterocycles. The molecule has 0 aliphatic carbocycles. The SMILES string of the molecule is Cn1c(=O)[nH]c2cccc(CC(=O)Nc3nc(-c4ccc(F)c(C(F)(F)F)c4F)cs3)c2c1=O. The molecule has 2 aromatic carbocycles. The Hall–Kier alpha value is -3.87. The fraction of sp³-hybridized carbons (Fsp3) is 0.143. The van der Waals surface area contributed by atoms with Gasteiger partial charge in [-0.3, -0.25) is 14.2 Å². The summed E-state index contributed by atoms with van der Waals surface area (Å²) in [5.74, 6) is -4.17. The molecule has 0 spiro atoms. The number of alkyl halides is 3. The van der Waals surface area contributed by atoms with Gasteiger partial charge in [-0.15, -0.1) is 11.3 Å². The maximum atomic E-state index is 14.4. The van der Waals surface area contributed by atoms with Crippen LogP contribution in [0, 0.1) is 11.6 Å². The van der Waals surface area contributed by atoms with Gasteiger partial charge in [-0.05, 0) is 23.8 Å². The van der Waals surface area contributed by atoms with Crippen molar-refractivity contribution in [2.24, 2.45) is 7.05 Å². The van der Waals surface area contributed by atoms with Crippen LogP contribution in [0.4, 0.5) is 27.1 Å². The summed E-state index contributed by atoms with van der Waals surface area (Å²) in [6.07, 6.45) is -5.52. The highest BCUT2D eigenvalue weighted by molar-refractivity contribution is 7.14. The van der Waals surface area contributed by atoms with Gasteiger partial charge >= 0.3 is 11.9 Å². The minimum Gasteiger partial charge on any atom is -0.307 e. The van der Waals surface area contributed by atoms with Crippen LogP contribution in [0.1, 0.15) is 11.1 Å². The van der Waals surface area contributed by atoms with E-state index in [1.165, 1.54) is 24.6 Å². The smallest absolute Gasteiger partial charge is 0.307 e. The lowest BCUT2D eigenvalue weighted by Crippen LogP contribution is -2.33. The van der Waals surface area contributed by atoms with Crippen molar-refractivity contribution in [3.63, 3.8) is 0 Å². The van der Waals surface area contributed by atoms with Crippen LogP contribution in [0.2, 0.25) is 0 Å². The minimum atomic E-state index is -5.24. The lowest BCUT2D eigenvalue weighted by atomic mass is 10.1. The normalized spacial score (nSPS) is 11.7. The summed E-state index contributed by atoms with van der Waals surface area (Å²) in [6, 6.07) is 5.91. The fourth-order valence-electron chi connectivity index (χ4n) is 3.36. The third-order valence-corrected chi connectivity index (χ3v) is 5.73.